The summed E-state index contributed by atoms with van der Waals surface area (Å²) < 4.78 is 16.5. The number of amides is 1. The zero-order chi connectivity index (χ0) is 19.2. The number of carbonyl (C=O) groups is 1. The summed E-state index contributed by atoms with van der Waals surface area (Å²) in [4.78, 5) is 16.4. The van der Waals surface area contributed by atoms with Gasteiger partial charge in [-0.3, -0.25) is 9.78 Å². The number of hydrogen-bond acceptors (Lipinski definition) is 4. The van der Waals surface area contributed by atoms with Crippen LogP contribution in [0, 0.1) is 6.92 Å². The summed E-state index contributed by atoms with van der Waals surface area (Å²) in [6.45, 7) is 3.57. The van der Waals surface area contributed by atoms with Gasteiger partial charge in [-0.1, -0.05) is 6.07 Å². The summed E-state index contributed by atoms with van der Waals surface area (Å²) >= 11 is 0. The van der Waals surface area contributed by atoms with Gasteiger partial charge in [-0.05, 0) is 50.8 Å². The maximum atomic E-state index is 14.8. The van der Waals surface area contributed by atoms with Crippen LogP contribution in [0.1, 0.15) is 42.1 Å². The lowest BCUT2D eigenvalue weighted by atomic mass is 10.0. The quantitative estimate of drug-likeness (QED) is 0.739. The summed E-state index contributed by atoms with van der Waals surface area (Å²) in [5, 5.41) is 7.53. The van der Waals surface area contributed by atoms with Crippen molar-refractivity contribution in [2.75, 3.05) is 5.32 Å². The molecule has 1 amide bonds. The normalized spacial score (nSPS) is 22.3. The highest BCUT2D eigenvalue weighted by atomic mass is 19.1. The molecule has 27 heavy (non-hydrogen) atoms. The number of aryl methyl sites for hydroxylation is 1. The van der Waals surface area contributed by atoms with Crippen LogP contribution in [0.2, 0.25) is 0 Å². The van der Waals surface area contributed by atoms with Gasteiger partial charge in [0.25, 0.3) is 5.91 Å². The third-order valence-corrected chi connectivity index (χ3v) is 5.31. The fraction of sp³-hybridized carbons (Fsp3) is 0.350. The first-order valence-corrected chi connectivity index (χ1v) is 9.05. The summed E-state index contributed by atoms with van der Waals surface area (Å²) in [6, 6.07) is 5.43. The Bertz CT molecular complexity index is 1010. The van der Waals surface area contributed by atoms with Gasteiger partial charge in [-0.15, -0.1) is 0 Å². The topological polar surface area (TPSA) is 85.3 Å². The van der Waals surface area contributed by atoms with E-state index in [1.807, 2.05) is 31.3 Å². The highest BCUT2D eigenvalue weighted by molar-refractivity contribution is 6.02. The highest BCUT2D eigenvalue weighted by Crippen LogP contribution is 2.37. The molecule has 6 nitrogen and oxygen atoms in total. The molecule has 140 valence electrons. The molecule has 1 aliphatic rings. The Morgan fingerprint density at radius 1 is 1.41 bits per heavy atom. The van der Waals surface area contributed by atoms with Crippen molar-refractivity contribution in [2.45, 2.75) is 44.8 Å². The molecule has 1 aliphatic carbocycles. The predicted octanol–water partition coefficient (Wildman–Crippen LogP) is 3.50. The number of alkyl halides is 1. The number of aromatic nitrogens is 3. The van der Waals surface area contributed by atoms with Gasteiger partial charge in [-0.2, -0.15) is 5.10 Å². The van der Waals surface area contributed by atoms with Crippen molar-refractivity contribution in [3.63, 3.8) is 0 Å². The molecule has 0 spiro atoms. The number of rotatable bonds is 4. The van der Waals surface area contributed by atoms with E-state index in [-0.39, 0.29) is 11.6 Å². The fourth-order valence-corrected chi connectivity index (χ4v) is 3.70. The van der Waals surface area contributed by atoms with E-state index in [9.17, 15) is 9.18 Å². The number of primary amides is 1. The molecule has 0 bridgehead atoms. The van der Waals surface area contributed by atoms with Crippen LogP contribution in [-0.4, -0.2) is 32.2 Å². The van der Waals surface area contributed by atoms with Gasteiger partial charge in [0.2, 0.25) is 0 Å². The average Bonchev–Trinajstić information content (AvgIpc) is 3.19. The first kappa shape index (κ1) is 17.5. The average molecular weight is 367 g/mol. The number of nitrogens with zero attached hydrogens (tertiary/aromatic N) is 3. The van der Waals surface area contributed by atoms with Crippen molar-refractivity contribution in [3.05, 3.63) is 47.9 Å². The van der Waals surface area contributed by atoms with Gasteiger partial charge in [-0.25, -0.2) is 8.91 Å². The monoisotopic (exact) mass is 367 g/mol. The molecule has 4 rings (SSSR count). The number of nitrogens with one attached hydrogen (secondary N) is 1. The summed E-state index contributed by atoms with van der Waals surface area (Å²) in [5.41, 5.74) is 8.40. The molecular formula is C20H22FN5O. The molecule has 2 atom stereocenters. The summed E-state index contributed by atoms with van der Waals surface area (Å²) in [6.07, 6.45) is 7.06. The maximum Gasteiger partial charge on any atom is 0.252 e. The maximum absolute atomic E-state index is 14.8. The second-order valence-corrected chi connectivity index (χ2v) is 7.44. The molecule has 1 saturated carbocycles. The molecular weight excluding hydrogens is 345 g/mol. The van der Waals surface area contributed by atoms with Crippen LogP contribution in [0.4, 0.5) is 10.1 Å². The van der Waals surface area contributed by atoms with Gasteiger partial charge in [0.15, 0.2) is 0 Å². The second kappa shape index (κ2) is 6.33. The van der Waals surface area contributed by atoms with E-state index in [2.05, 4.69) is 15.4 Å². The van der Waals surface area contributed by atoms with Gasteiger partial charge >= 0.3 is 0 Å². The lowest BCUT2D eigenvalue weighted by Crippen LogP contribution is -2.36. The van der Waals surface area contributed by atoms with Crippen LogP contribution in [0.15, 0.2) is 36.8 Å². The number of pyridine rings is 1. The highest BCUT2D eigenvalue weighted by Gasteiger charge is 2.39. The Labute approximate surface area is 156 Å². The fourth-order valence-electron chi connectivity index (χ4n) is 3.70. The van der Waals surface area contributed by atoms with E-state index in [1.54, 1.807) is 17.6 Å². The minimum absolute atomic E-state index is 0.256. The molecule has 0 radical (unpaired) electrons. The molecule has 0 aromatic carbocycles. The van der Waals surface area contributed by atoms with Crippen LogP contribution < -0.4 is 11.1 Å². The van der Waals surface area contributed by atoms with Gasteiger partial charge < -0.3 is 11.1 Å². The number of nitrogens with two attached hydrogens (primary N) is 1. The molecule has 0 saturated heterocycles. The smallest absolute Gasteiger partial charge is 0.252 e. The molecule has 3 N–H and O–H groups in total. The van der Waals surface area contributed by atoms with Crippen molar-refractivity contribution >= 4 is 17.1 Å². The largest absolute Gasteiger partial charge is 0.377 e. The lowest BCUT2D eigenvalue weighted by molar-refractivity contribution is 0.1000. The third kappa shape index (κ3) is 3.13. The van der Waals surface area contributed by atoms with Crippen molar-refractivity contribution < 1.29 is 9.18 Å². The Balaban J connectivity index is 1.82. The van der Waals surface area contributed by atoms with Crippen LogP contribution in [0.25, 0.3) is 16.8 Å². The minimum Gasteiger partial charge on any atom is -0.377 e. The van der Waals surface area contributed by atoms with Crippen molar-refractivity contribution in [3.8, 4) is 11.3 Å². The van der Waals surface area contributed by atoms with Crippen molar-refractivity contribution in [1.82, 2.24) is 14.6 Å². The molecule has 3 heterocycles. The summed E-state index contributed by atoms with van der Waals surface area (Å²) in [7, 11) is 0. The third-order valence-electron chi connectivity index (χ3n) is 5.31. The van der Waals surface area contributed by atoms with Crippen molar-refractivity contribution in [2.24, 2.45) is 5.73 Å². The lowest BCUT2D eigenvalue weighted by Gasteiger charge is -2.26. The van der Waals surface area contributed by atoms with Crippen LogP contribution >= 0.6 is 0 Å². The van der Waals surface area contributed by atoms with Crippen LogP contribution in [0.3, 0.4) is 0 Å². The number of anilines is 1. The van der Waals surface area contributed by atoms with E-state index in [4.69, 9.17) is 5.73 Å². The summed E-state index contributed by atoms with van der Waals surface area (Å²) in [5.74, 6) is -0.595. The van der Waals surface area contributed by atoms with Gasteiger partial charge in [0.1, 0.15) is 5.67 Å². The Morgan fingerprint density at radius 2 is 2.22 bits per heavy atom. The van der Waals surface area contributed by atoms with E-state index < -0.39 is 11.6 Å². The Hall–Kier alpha value is -2.96. The number of halogens is 1. The standard InChI is InChI=1S/C20H22FN5O/c1-12-5-6-15(23-9-12)13-8-16-18(25-17-4-3-7-20(17,2)21)14(19(22)27)10-24-26(16)11-13/h5-6,8-11,17,25H,3-4,7H2,1-2H3,(H2,22,27)/t17-,20+/m1/s1. The zero-order valence-corrected chi connectivity index (χ0v) is 15.4. The first-order chi connectivity index (χ1) is 12.8. The number of hydrogen-bond donors (Lipinski definition) is 2. The predicted molar refractivity (Wildman–Crippen MR) is 102 cm³/mol. The molecule has 0 aliphatic heterocycles. The van der Waals surface area contributed by atoms with E-state index in [0.717, 1.165) is 23.2 Å². The molecule has 1 fully saturated rings. The molecule has 3 aromatic heterocycles. The zero-order valence-electron chi connectivity index (χ0n) is 15.4. The number of carbonyl (C=O) groups excluding carboxylic acids is 1. The van der Waals surface area contributed by atoms with Crippen molar-refractivity contribution in [1.29, 1.82) is 0 Å². The molecule has 0 unspecified atom stereocenters. The first-order valence-electron chi connectivity index (χ1n) is 9.05. The van der Waals surface area contributed by atoms with Crippen LogP contribution in [0.5, 0.6) is 0 Å². The molecule has 3 aromatic rings. The minimum atomic E-state index is -1.33. The van der Waals surface area contributed by atoms with Gasteiger partial charge in [0.05, 0.1) is 34.7 Å². The van der Waals surface area contributed by atoms with E-state index in [1.165, 1.54) is 6.20 Å². The Kier molecular flexibility index (Phi) is 4.09. The number of fused-ring (bicyclic) bond motifs is 1. The van der Waals surface area contributed by atoms with Crippen LogP contribution in [-0.2, 0) is 0 Å². The van der Waals surface area contributed by atoms with E-state index in [0.29, 0.717) is 24.0 Å². The SMILES string of the molecule is Cc1ccc(-c2cc3c(N[C@@H]4CCC[C@]4(C)F)c(C(N)=O)cnn3c2)nc1. The van der Waals surface area contributed by atoms with E-state index >= 15 is 0 Å². The Morgan fingerprint density at radius 3 is 2.85 bits per heavy atom. The molecule has 7 heteroatoms. The second-order valence-electron chi connectivity index (χ2n) is 7.44. The van der Waals surface area contributed by atoms with Gasteiger partial charge in [0, 0.05) is 18.0 Å².